The Morgan fingerprint density at radius 1 is 1.20 bits per heavy atom. The summed E-state index contributed by atoms with van der Waals surface area (Å²) in [7, 11) is 3.92. The van der Waals surface area contributed by atoms with Gasteiger partial charge in [-0.3, -0.25) is 0 Å². The zero-order chi connectivity index (χ0) is 13.8. The molecule has 0 N–H and O–H groups in total. The van der Waals surface area contributed by atoms with E-state index in [1.165, 1.54) is 12.1 Å². The molecule has 0 atom stereocenters. The SMILES string of the molecule is Cc1cnc(SCc2ccc(F)cc2)nc1N(C)C.Cl. The molecule has 0 spiro atoms. The Kier molecular flexibility index (Phi) is 6.23. The van der Waals surface area contributed by atoms with Gasteiger partial charge in [0.1, 0.15) is 11.6 Å². The second kappa shape index (κ2) is 7.45. The van der Waals surface area contributed by atoms with E-state index < -0.39 is 0 Å². The third-order valence-corrected chi connectivity index (χ3v) is 3.56. The maximum atomic E-state index is 12.8. The molecule has 0 fully saturated rings. The molecule has 0 saturated carbocycles. The van der Waals surface area contributed by atoms with Crippen LogP contribution < -0.4 is 4.90 Å². The van der Waals surface area contributed by atoms with Crippen molar-refractivity contribution in [1.82, 2.24) is 9.97 Å². The van der Waals surface area contributed by atoms with Crippen molar-refractivity contribution in [2.24, 2.45) is 0 Å². The Balaban J connectivity index is 0.00000200. The summed E-state index contributed by atoms with van der Waals surface area (Å²) in [6.07, 6.45) is 1.83. The van der Waals surface area contributed by atoms with Crippen molar-refractivity contribution < 1.29 is 4.39 Å². The summed E-state index contributed by atoms with van der Waals surface area (Å²) in [4.78, 5) is 10.8. The predicted octanol–water partition coefficient (Wildman–Crippen LogP) is 3.70. The highest BCUT2D eigenvalue weighted by molar-refractivity contribution is 7.98. The van der Waals surface area contributed by atoms with Gasteiger partial charge in [0, 0.05) is 31.6 Å². The Hall–Kier alpha value is -1.33. The first-order chi connectivity index (χ1) is 9.06. The highest BCUT2D eigenvalue weighted by atomic mass is 35.5. The third kappa shape index (κ3) is 4.35. The molecule has 1 aromatic heterocycles. The van der Waals surface area contributed by atoms with Crippen LogP contribution >= 0.6 is 24.2 Å². The molecule has 0 aliphatic carbocycles. The van der Waals surface area contributed by atoms with E-state index in [-0.39, 0.29) is 18.2 Å². The number of halogens is 2. The number of thioether (sulfide) groups is 1. The maximum Gasteiger partial charge on any atom is 0.189 e. The van der Waals surface area contributed by atoms with Gasteiger partial charge in [-0.1, -0.05) is 23.9 Å². The van der Waals surface area contributed by atoms with Gasteiger partial charge in [-0.2, -0.15) is 0 Å². The summed E-state index contributed by atoms with van der Waals surface area (Å²) in [6, 6.07) is 6.50. The lowest BCUT2D eigenvalue weighted by molar-refractivity contribution is 0.627. The van der Waals surface area contributed by atoms with Gasteiger partial charge < -0.3 is 4.90 Å². The van der Waals surface area contributed by atoms with Crippen LogP contribution in [0.5, 0.6) is 0 Å². The summed E-state index contributed by atoms with van der Waals surface area (Å²) in [6.45, 7) is 1.99. The molecule has 2 rings (SSSR count). The second-order valence-electron chi connectivity index (χ2n) is 4.47. The van der Waals surface area contributed by atoms with Crippen LogP contribution in [0.1, 0.15) is 11.1 Å². The molecule has 0 bridgehead atoms. The minimum Gasteiger partial charge on any atom is -0.362 e. The molecule has 6 heteroatoms. The van der Waals surface area contributed by atoms with Crippen molar-refractivity contribution in [3.8, 4) is 0 Å². The van der Waals surface area contributed by atoms with Crippen LogP contribution in [0, 0.1) is 12.7 Å². The van der Waals surface area contributed by atoms with Gasteiger partial charge in [-0.15, -0.1) is 12.4 Å². The molecule has 3 nitrogen and oxygen atoms in total. The van der Waals surface area contributed by atoms with Crippen LogP contribution in [0.3, 0.4) is 0 Å². The second-order valence-corrected chi connectivity index (χ2v) is 5.41. The van der Waals surface area contributed by atoms with Gasteiger partial charge in [0.25, 0.3) is 0 Å². The molecule has 20 heavy (non-hydrogen) atoms. The normalized spacial score (nSPS) is 10.0. The van der Waals surface area contributed by atoms with Gasteiger partial charge >= 0.3 is 0 Å². The zero-order valence-electron chi connectivity index (χ0n) is 11.6. The Morgan fingerprint density at radius 2 is 1.85 bits per heavy atom. The maximum absolute atomic E-state index is 12.8. The summed E-state index contributed by atoms with van der Waals surface area (Å²) in [5, 5.41) is 0.735. The number of rotatable bonds is 4. The van der Waals surface area contributed by atoms with Crippen LogP contribution in [0.15, 0.2) is 35.6 Å². The van der Waals surface area contributed by atoms with Crippen LogP contribution in [-0.4, -0.2) is 24.1 Å². The minimum atomic E-state index is -0.213. The fourth-order valence-electron chi connectivity index (χ4n) is 1.67. The molecule has 1 heterocycles. The number of aryl methyl sites for hydroxylation is 1. The summed E-state index contributed by atoms with van der Waals surface area (Å²) >= 11 is 1.55. The van der Waals surface area contributed by atoms with E-state index >= 15 is 0 Å². The molecule has 0 amide bonds. The monoisotopic (exact) mass is 313 g/mol. The van der Waals surface area contributed by atoms with Crippen molar-refractivity contribution in [3.05, 3.63) is 47.4 Å². The number of aromatic nitrogens is 2. The van der Waals surface area contributed by atoms with Crippen LogP contribution in [0.25, 0.3) is 0 Å². The first-order valence-corrected chi connectivity index (χ1v) is 6.93. The lowest BCUT2D eigenvalue weighted by Crippen LogP contribution is -2.13. The van der Waals surface area contributed by atoms with E-state index in [2.05, 4.69) is 9.97 Å². The molecule has 0 radical (unpaired) electrons. The average molecular weight is 314 g/mol. The van der Waals surface area contributed by atoms with Gasteiger partial charge in [0.05, 0.1) is 0 Å². The van der Waals surface area contributed by atoms with Gasteiger partial charge in [-0.05, 0) is 24.6 Å². The number of hydrogen-bond acceptors (Lipinski definition) is 4. The molecule has 0 aliphatic heterocycles. The Morgan fingerprint density at radius 3 is 2.45 bits per heavy atom. The molecule has 108 valence electrons. The average Bonchev–Trinajstić information content (AvgIpc) is 2.39. The summed E-state index contributed by atoms with van der Waals surface area (Å²) in [5.74, 6) is 1.45. The Labute approximate surface area is 129 Å². The first-order valence-electron chi connectivity index (χ1n) is 5.94. The quantitative estimate of drug-likeness (QED) is 0.635. The topological polar surface area (TPSA) is 29.0 Å². The molecular formula is C14H17ClFN3S. The summed E-state index contributed by atoms with van der Waals surface area (Å²) < 4.78 is 12.8. The van der Waals surface area contributed by atoms with E-state index in [1.807, 2.05) is 32.1 Å². The number of anilines is 1. The first kappa shape index (κ1) is 16.7. The highest BCUT2D eigenvalue weighted by Gasteiger charge is 2.06. The van der Waals surface area contributed by atoms with E-state index in [0.717, 1.165) is 27.9 Å². The molecule has 0 saturated heterocycles. The lowest BCUT2D eigenvalue weighted by atomic mass is 10.2. The molecule has 0 aliphatic rings. The van der Waals surface area contributed by atoms with E-state index in [0.29, 0.717) is 0 Å². The van der Waals surface area contributed by atoms with Crippen LogP contribution in [0.4, 0.5) is 10.2 Å². The van der Waals surface area contributed by atoms with E-state index in [4.69, 9.17) is 0 Å². The van der Waals surface area contributed by atoms with Gasteiger partial charge in [-0.25, -0.2) is 14.4 Å². The van der Waals surface area contributed by atoms with Gasteiger partial charge in [0.2, 0.25) is 0 Å². The molecule has 1 aromatic carbocycles. The third-order valence-electron chi connectivity index (χ3n) is 2.63. The van der Waals surface area contributed by atoms with Crippen molar-refractivity contribution in [2.75, 3.05) is 19.0 Å². The minimum absolute atomic E-state index is 0. The van der Waals surface area contributed by atoms with Gasteiger partial charge in [0.15, 0.2) is 5.16 Å². The smallest absolute Gasteiger partial charge is 0.189 e. The Bertz CT molecular complexity index is 561. The fraction of sp³-hybridized carbons (Fsp3) is 0.286. The van der Waals surface area contributed by atoms with Crippen molar-refractivity contribution in [2.45, 2.75) is 17.8 Å². The van der Waals surface area contributed by atoms with E-state index in [9.17, 15) is 4.39 Å². The van der Waals surface area contributed by atoms with Crippen molar-refractivity contribution in [1.29, 1.82) is 0 Å². The molecular weight excluding hydrogens is 297 g/mol. The molecule has 2 aromatic rings. The van der Waals surface area contributed by atoms with Crippen LogP contribution in [0.2, 0.25) is 0 Å². The number of benzene rings is 1. The summed E-state index contributed by atoms with van der Waals surface area (Å²) in [5.41, 5.74) is 2.11. The zero-order valence-corrected chi connectivity index (χ0v) is 13.3. The predicted molar refractivity (Wildman–Crippen MR) is 84.3 cm³/mol. The van der Waals surface area contributed by atoms with Crippen molar-refractivity contribution >= 4 is 30.0 Å². The van der Waals surface area contributed by atoms with Crippen molar-refractivity contribution in [3.63, 3.8) is 0 Å². The number of hydrogen-bond donors (Lipinski definition) is 0. The highest BCUT2D eigenvalue weighted by Crippen LogP contribution is 2.22. The largest absolute Gasteiger partial charge is 0.362 e. The standard InChI is InChI=1S/C14H16FN3S.ClH/c1-10-8-16-14(17-13(10)18(2)3)19-9-11-4-6-12(15)7-5-11;/h4-8H,9H2,1-3H3;1H. The van der Waals surface area contributed by atoms with E-state index in [1.54, 1.807) is 23.9 Å². The number of nitrogens with zero attached hydrogens (tertiary/aromatic N) is 3. The fourth-order valence-corrected chi connectivity index (χ4v) is 2.43. The van der Waals surface area contributed by atoms with Crippen LogP contribution in [-0.2, 0) is 5.75 Å². The molecule has 0 unspecified atom stereocenters. The lowest BCUT2D eigenvalue weighted by Gasteiger charge is -2.14.